The molecule has 0 atom stereocenters. The Morgan fingerprint density at radius 1 is 1.15 bits per heavy atom. The highest BCUT2D eigenvalue weighted by Crippen LogP contribution is 2.20. The molecule has 2 aromatic heterocycles. The summed E-state index contributed by atoms with van der Waals surface area (Å²) in [6.07, 6.45) is 0.0554. The van der Waals surface area contributed by atoms with Gasteiger partial charge in [0.05, 0.1) is 13.0 Å². The van der Waals surface area contributed by atoms with E-state index in [1.807, 2.05) is 55.6 Å². The van der Waals surface area contributed by atoms with Gasteiger partial charge in [-0.05, 0) is 22.9 Å². The van der Waals surface area contributed by atoms with Crippen molar-refractivity contribution in [2.24, 2.45) is 5.92 Å². The number of anilines is 2. The van der Waals surface area contributed by atoms with Crippen molar-refractivity contribution < 1.29 is 14.3 Å². The van der Waals surface area contributed by atoms with Crippen LogP contribution in [0.15, 0.2) is 57.4 Å². The van der Waals surface area contributed by atoms with Gasteiger partial charge in [-0.3, -0.25) is 23.9 Å². The molecular formula is C23H26N4O5S. The van der Waals surface area contributed by atoms with E-state index in [9.17, 15) is 19.2 Å². The molecule has 0 unspecified atom stereocenters. The standard InChI is InChI=1S/C23H26N4O5S/c1-15(2)12-26(18(28)14-32-19(29)11-17-9-6-10-33-17)20-21(24)27(23(31)25-22(20)30)13-16-7-4-3-5-8-16/h3-10,15H,11-14,24H2,1-2H3,(H,25,30,31). The fourth-order valence-electron chi connectivity index (χ4n) is 3.27. The molecule has 0 aliphatic carbocycles. The molecule has 1 aromatic carbocycles. The zero-order valence-electron chi connectivity index (χ0n) is 18.4. The lowest BCUT2D eigenvalue weighted by molar-refractivity contribution is -0.147. The van der Waals surface area contributed by atoms with Gasteiger partial charge in [-0.25, -0.2) is 4.79 Å². The predicted octanol–water partition coefficient (Wildman–Crippen LogP) is 2.00. The maximum absolute atomic E-state index is 13.0. The minimum absolute atomic E-state index is 0.0240. The van der Waals surface area contributed by atoms with E-state index in [1.54, 1.807) is 6.07 Å². The number of benzene rings is 1. The lowest BCUT2D eigenvalue weighted by Gasteiger charge is -2.26. The van der Waals surface area contributed by atoms with Crippen molar-refractivity contribution in [3.05, 3.63) is 79.1 Å². The van der Waals surface area contributed by atoms with Crippen LogP contribution in [0.4, 0.5) is 11.5 Å². The van der Waals surface area contributed by atoms with Crippen molar-refractivity contribution in [2.75, 3.05) is 23.8 Å². The molecule has 3 aromatic rings. The molecule has 0 fully saturated rings. The van der Waals surface area contributed by atoms with Crippen LogP contribution in [0.1, 0.15) is 24.3 Å². The maximum atomic E-state index is 13.0. The van der Waals surface area contributed by atoms with Gasteiger partial charge in [-0.15, -0.1) is 11.3 Å². The Morgan fingerprint density at radius 3 is 2.52 bits per heavy atom. The van der Waals surface area contributed by atoms with Crippen molar-refractivity contribution in [1.82, 2.24) is 9.55 Å². The molecule has 0 aliphatic rings. The molecule has 174 valence electrons. The molecule has 3 N–H and O–H groups in total. The summed E-state index contributed by atoms with van der Waals surface area (Å²) in [5, 5.41) is 1.84. The van der Waals surface area contributed by atoms with Gasteiger partial charge < -0.3 is 15.4 Å². The van der Waals surface area contributed by atoms with E-state index in [1.165, 1.54) is 20.8 Å². The van der Waals surface area contributed by atoms with E-state index in [4.69, 9.17) is 10.5 Å². The van der Waals surface area contributed by atoms with Gasteiger partial charge >= 0.3 is 11.7 Å². The van der Waals surface area contributed by atoms with Crippen molar-refractivity contribution in [1.29, 1.82) is 0 Å². The molecule has 0 spiro atoms. The third kappa shape index (κ3) is 6.19. The van der Waals surface area contributed by atoms with Crippen LogP contribution in [0.25, 0.3) is 0 Å². The second-order valence-corrected chi connectivity index (χ2v) is 8.91. The topological polar surface area (TPSA) is 127 Å². The first-order valence-electron chi connectivity index (χ1n) is 10.4. The molecule has 0 saturated heterocycles. The zero-order chi connectivity index (χ0) is 24.0. The average molecular weight is 471 g/mol. The first-order chi connectivity index (χ1) is 15.8. The Labute approximate surface area is 194 Å². The highest BCUT2D eigenvalue weighted by Gasteiger charge is 2.26. The Kier molecular flexibility index (Phi) is 7.83. The minimum Gasteiger partial charge on any atom is -0.455 e. The lowest BCUT2D eigenvalue weighted by Crippen LogP contribution is -2.44. The summed E-state index contributed by atoms with van der Waals surface area (Å²) in [5.74, 6) is -1.31. The first-order valence-corrected chi connectivity index (χ1v) is 11.3. The van der Waals surface area contributed by atoms with Crippen molar-refractivity contribution in [2.45, 2.75) is 26.8 Å². The average Bonchev–Trinajstić information content (AvgIpc) is 3.27. The number of hydrogen-bond donors (Lipinski definition) is 2. The van der Waals surface area contributed by atoms with E-state index in [-0.39, 0.29) is 36.9 Å². The summed E-state index contributed by atoms with van der Waals surface area (Å²) in [7, 11) is 0. The normalized spacial score (nSPS) is 10.9. The van der Waals surface area contributed by atoms with Crippen LogP contribution in [-0.2, 0) is 27.3 Å². The summed E-state index contributed by atoms with van der Waals surface area (Å²) in [5.41, 5.74) is 5.44. The highest BCUT2D eigenvalue weighted by molar-refractivity contribution is 7.10. The summed E-state index contributed by atoms with van der Waals surface area (Å²) < 4.78 is 6.35. The molecule has 0 saturated carbocycles. The fourth-order valence-corrected chi connectivity index (χ4v) is 3.96. The van der Waals surface area contributed by atoms with Crippen LogP contribution in [0.3, 0.4) is 0 Å². The number of esters is 1. The first kappa shape index (κ1) is 24.0. The van der Waals surface area contributed by atoms with E-state index >= 15 is 0 Å². The third-order valence-electron chi connectivity index (χ3n) is 4.77. The van der Waals surface area contributed by atoms with Gasteiger partial charge in [0, 0.05) is 11.4 Å². The number of rotatable bonds is 9. The number of nitrogens with two attached hydrogens (primary N) is 1. The second kappa shape index (κ2) is 10.8. The number of nitrogens with one attached hydrogen (secondary N) is 1. The van der Waals surface area contributed by atoms with Crippen LogP contribution in [0.5, 0.6) is 0 Å². The number of aromatic nitrogens is 2. The number of amides is 1. The van der Waals surface area contributed by atoms with Gasteiger partial charge in [0.25, 0.3) is 11.5 Å². The number of nitrogens with zero attached hydrogens (tertiary/aromatic N) is 2. The van der Waals surface area contributed by atoms with Crippen molar-refractivity contribution >= 4 is 34.7 Å². The van der Waals surface area contributed by atoms with Crippen LogP contribution in [-0.4, -0.2) is 34.6 Å². The van der Waals surface area contributed by atoms with Crippen molar-refractivity contribution in [3.63, 3.8) is 0 Å². The van der Waals surface area contributed by atoms with E-state index in [0.29, 0.717) is 0 Å². The molecule has 0 aliphatic heterocycles. The number of hydrogen-bond acceptors (Lipinski definition) is 7. The third-order valence-corrected chi connectivity index (χ3v) is 5.65. The number of ether oxygens (including phenoxy) is 1. The molecule has 2 heterocycles. The molecule has 1 amide bonds. The Balaban J connectivity index is 1.87. The number of carbonyl (C=O) groups is 2. The van der Waals surface area contributed by atoms with Gasteiger partial charge in [-0.1, -0.05) is 50.2 Å². The second-order valence-electron chi connectivity index (χ2n) is 7.88. The number of carbonyl (C=O) groups excluding carboxylic acids is 2. The summed E-state index contributed by atoms with van der Waals surface area (Å²) in [4.78, 5) is 54.5. The van der Waals surface area contributed by atoms with E-state index < -0.39 is 29.7 Å². The SMILES string of the molecule is CC(C)CN(C(=O)COC(=O)Cc1cccs1)c1c(N)n(Cc2ccccc2)c(=O)[nH]c1=O. The van der Waals surface area contributed by atoms with Gasteiger partial charge in [0.2, 0.25) is 0 Å². The number of nitrogen functional groups attached to an aromatic ring is 1. The van der Waals surface area contributed by atoms with Gasteiger partial charge in [-0.2, -0.15) is 0 Å². The minimum atomic E-state index is -0.777. The summed E-state index contributed by atoms with van der Waals surface area (Å²) >= 11 is 1.41. The van der Waals surface area contributed by atoms with Crippen LogP contribution >= 0.6 is 11.3 Å². The molecule has 10 heteroatoms. The number of H-pyrrole nitrogens is 1. The summed E-state index contributed by atoms with van der Waals surface area (Å²) in [6, 6.07) is 12.8. The largest absolute Gasteiger partial charge is 0.455 e. The lowest BCUT2D eigenvalue weighted by atomic mass is 10.2. The quantitative estimate of drug-likeness (QED) is 0.461. The highest BCUT2D eigenvalue weighted by atomic mass is 32.1. The molecule has 33 heavy (non-hydrogen) atoms. The smallest absolute Gasteiger partial charge is 0.330 e. The molecule has 0 bridgehead atoms. The zero-order valence-corrected chi connectivity index (χ0v) is 19.3. The van der Waals surface area contributed by atoms with Crippen LogP contribution in [0, 0.1) is 5.92 Å². The maximum Gasteiger partial charge on any atom is 0.330 e. The van der Waals surface area contributed by atoms with Crippen LogP contribution in [0.2, 0.25) is 0 Å². The Bertz CT molecular complexity index is 1220. The molecule has 0 radical (unpaired) electrons. The molecular weight excluding hydrogens is 444 g/mol. The van der Waals surface area contributed by atoms with E-state index in [2.05, 4.69) is 4.98 Å². The Morgan fingerprint density at radius 2 is 1.88 bits per heavy atom. The Hall–Kier alpha value is -3.66. The van der Waals surface area contributed by atoms with Crippen molar-refractivity contribution in [3.8, 4) is 0 Å². The molecule has 9 nitrogen and oxygen atoms in total. The predicted molar refractivity (Wildman–Crippen MR) is 127 cm³/mol. The van der Waals surface area contributed by atoms with Crippen LogP contribution < -0.4 is 21.9 Å². The van der Waals surface area contributed by atoms with Gasteiger partial charge in [0.1, 0.15) is 5.82 Å². The summed E-state index contributed by atoms with van der Waals surface area (Å²) in [6.45, 7) is 3.46. The monoisotopic (exact) mass is 470 g/mol. The molecule has 3 rings (SSSR count). The van der Waals surface area contributed by atoms with Gasteiger partial charge in [0.15, 0.2) is 12.3 Å². The number of aromatic amines is 1. The van der Waals surface area contributed by atoms with E-state index in [0.717, 1.165) is 10.4 Å². The fraction of sp³-hybridized carbons (Fsp3) is 0.304. The number of thiophene rings is 1.